The minimum absolute atomic E-state index is 0.0676. The second-order valence-electron chi connectivity index (χ2n) is 7.63. The molecule has 4 N–H and O–H groups in total. The van der Waals surface area contributed by atoms with E-state index in [2.05, 4.69) is 11.4 Å². The predicted molar refractivity (Wildman–Crippen MR) is 113 cm³/mol. The minimum atomic E-state index is -0.538. The van der Waals surface area contributed by atoms with Crippen LogP contribution in [0.5, 0.6) is 5.75 Å². The van der Waals surface area contributed by atoms with Crippen LogP contribution in [0.15, 0.2) is 42.5 Å². The first-order valence-corrected chi connectivity index (χ1v) is 10.0. The number of halogens is 1. The highest BCUT2D eigenvalue weighted by Gasteiger charge is 2.40. The van der Waals surface area contributed by atoms with Crippen LogP contribution in [0.2, 0.25) is 5.02 Å². The van der Waals surface area contributed by atoms with Gasteiger partial charge in [-0.05, 0) is 49.9 Å². The summed E-state index contributed by atoms with van der Waals surface area (Å²) in [5.41, 5.74) is 8.47. The monoisotopic (exact) mass is 415 g/mol. The molecule has 0 aliphatic carbocycles. The Labute approximate surface area is 175 Å². The Morgan fingerprint density at radius 1 is 1.31 bits per heavy atom. The Morgan fingerprint density at radius 2 is 2.07 bits per heavy atom. The molecule has 6 nitrogen and oxygen atoms in total. The van der Waals surface area contributed by atoms with Gasteiger partial charge in [-0.2, -0.15) is 0 Å². The minimum Gasteiger partial charge on any atom is -0.508 e. The molecule has 3 atom stereocenters. The summed E-state index contributed by atoms with van der Waals surface area (Å²) < 4.78 is 0. The van der Waals surface area contributed by atoms with Crippen LogP contribution in [0.1, 0.15) is 36.0 Å². The number of nitrogens with two attached hydrogens (primary N) is 1. The van der Waals surface area contributed by atoms with Crippen molar-refractivity contribution in [3.63, 3.8) is 0 Å². The fourth-order valence-electron chi connectivity index (χ4n) is 3.91. The molecular weight excluding hydrogens is 390 g/mol. The number of aryl methyl sites for hydroxylation is 1. The van der Waals surface area contributed by atoms with Gasteiger partial charge in [0, 0.05) is 23.7 Å². The molecule has 154 valence electrons. The summed E-state index contributed by atoms with van der Waals surface area (Å²) in [6, 6.07) is 11.8. The van der Waals surface area contributed by atoms with Crippen LogP contribution >= 0.6 is 11.6 Å². The number of likely N-dealkylation sites (tertiary alicyclic amines) is 1. The Kier molecular flexibility index (Phi) is 6.45. The number of hydrogen-bond acceptors (Lipinski definition) is 4. The molecule has 1 aliphatic heterocycles. The molecule has 0 spiro atoms. The molecule has 0 saturated carbocycles. The van der Waals surface area contributed by atoms with Crippen LogP contribution in [-0.4, -0.2) is 40.4 Å². The summed E-state index contributed by atoms with van der Waals surface area (Å²) in [4.78, 5) is 26.7. The van der Waals surface area contributed by atoms with Gasteiger partial charge >= 0.3 is 0 Å². The van der Waals surface area contributed by atoms with E-state index in [9.17, 15) is 14.7 Å². The van der Waals surface area contributed by atoms with Gasteiger partial charge in [0.2, 0.25) is 11.8 Å². The van der Waals surface area contributed by atoms with E-state index in [1.807, 2.05) is 30.0 Å². The van der Waals surface area contributed by atoms with Gasteiger partial charge in [-0.3, -0.25) is 14.5 Å². The number of aromatic hydroxyl groups is 1. The van der Waals surface area contributed by atoms with E-state index >= 15 is 0 Å². The van der Waals surface area contributed by atoms with Gasteiger partial charge in [0.05, 0.1) is 12.1 Å². The van der Waals surface area contributed by atoms with E-state index in [1.54, 1.807) is 19.1 Å². The first kappa shape index (κ1) is 21.1. The number of carbonyl (C=O) groups is 2. The van der Waals surface area contributed by atoms with E-state index in [0.29, 0.717) is 23.6 Å². The lowest BCUT2D eigenvalue weighted by atomic mass is 9.95. The lowest BCUT2D eigenvalue weighted by Crippen LogP contribution is -2.51. The first-order valence-electron chi connectivity index (χ1n) is 9.63. The van der Waals surface area contributed by atoms with Gasteiger partial charge in [0.15, 0.2) is 0 Å². The fourth-order valence-corrected chi connectivity index (χ4v) is 4.11. The summed E-state index contributed by atoms with van der Waals surface area (Å²) >= 11 is 5.95. The van der Waals surface area contributed by atoms with E-state index in [1.165, 1.54) is 6.07 Å². The van der Waals surface area contributed by atoms with Gasteiger partial charge in [-0.25, -0.2) is 0 Å². The van der Waals surface area contributed by atoms with Crippen molar-refractivity contribution in [1.29, 1.82) is 0 Å². The van der Waals surface area contributed by atoms with Crippen molar-refractivity contribution >= 4 is 23.4 Å². The SMILES string of the molecule is Cc1cccc(C2CC(C(N)=O)N([C@@H](C)C(=O)NCc3cc(Cl)ccc3O)C2)c1. The van der Waals surface area contributed by atoms with Crippen molar-refractivity contribution in [2.45, 2.75) is 44.8 Å². The third-order valence-corrected chi connectivity index (χ3v) is 5.79. The van der Waals surface area contributed by atoms with Crippen LogP contribution in [0.4, 0.5) is 0 Å². The highest BCUT2D eigenvalue weighted by atomic mass is 35.5. The zero-order valence-corrected chi connectivity index (χ0v) is 17.3. The summed E-state index contributed by atoms with van der Waals surface area (Å²) in [6.07, 6.45) is 0.589. The Hall–Kier alpha value is -2.57. The number of amides is 2. The van der Waals surface area contributed by atoms with Crippen molar-refractivity contribution in [1.82, 2.24) is 10.2 Å². The molecule has 29 heavy (non-hydrogen) atoms. The maximum atomic E-state index is 12.7. The standard InChI is InChI=1S/C22H26ClN3O3/c1-13-4-3-5-15(8-13)17-10-19(21(24)28)26(12-17)14(2)22(29)25-11-16-9-18(23)6-7-20(16)27/h3-9,14,17,19,27H,10-12H2,1-2H3,(H2,24,28)(H,25,29)/t14-,17?,19?/m0/s1. The maximum Gasteiger partial charge on any atom is 0.237 e. The maximum absolute atomic E-state index is 12.7. The molecule has 2 aromatic carbocycles. The van der Waals surface area contributed by atoms with E-state index < -0.39 is 18.0 Å². The number of hydrogen-bond donors (Lipinski definition) is 3. The average Bonchev–Trinajstić information content (AvgIpc) is 3.13. The second-order valence-corrected chi connectivity index (χ2v) is 8.06. The van der Waals surface area contributed by atoms with Gasteiger partial charge in [-0.1, -0.05) is 41.4 Å². The summed E-state index contributed by atoms with van der Waals surface area (Å²) in [5, 5.41) is 13.2. The molecule has 3 rings (SSSR count). The molecular formula is C22H26ClN3O3. The smallest absolute Gasteiger partial charge is 0.237 e. The molecule has 0 bridgehead atoms. The predicted octanol–water partition coefficient (Wildman–Crippen LogP) is 2.70. The lowest BCUT2D eigenvalue weighted by molar-refractivity contribution is -0.129. The molecule has 0 aromatic heterocycles. The molecule has 7 heteroatoms. The van der Waals surface area contributed by atoms with Gasteiger partial charge < -0.3 is 16.2 Å². The number of rotatable bonds is 6. The number of benzene rings is 2. The number of primary amides is 1. The molecule has 2 unspecified atom stereocenters. The van der Waals surface area contributed by atoms with Gasteiger partial charge in [0.1, 0.15) is 5.75 Å². The summed E-state index contributed by atoms with van der Waals surface area (Å²) in [5.74, 6) is -0.453. The molecule has 1 fully saturated rings. The summed E-state index contributed by atoms with van der Waals surface area (Å²) in [7, 11) is 0. The highest BCUT2D eigenvalue weighted by Crippen LogP contribution is 2.33. The van der Waals surface area contributed by atoms with Crippen molar-refractivity contribution in [2.75, 3.05) is 6.54 Å². The van der Waals surface area contributed by atoms with E-state index in [0.717, 1.165) is 11.1 Å². The molecule has 1 heterocycles. The average molecular weight is 416 g/mol. The van der Waals surface area contributed by atoms with E-state index in [4.69, 9.17) is 17.3 Å². The normalized spacial score (nSPS) is 20.4. The Balaban J connectivity index is 1.70. The van der Waals surface area contributed by atoms with Gasteiger partial charge in [-0.15, -0.1) is 0 Å². The topological polar surface area (TPSA) is 95.7 Å². The number of carbonyl (C=O) groups excluding carboxylic acids is 2. The molecule has 2 aromatic rings. The number of phenolic OH excluding ortho intramolecular Hbond substituents is 1. The molecule has 0 radical (unpaired) electrons. The third-order valence-electron chi connectivity index (χ3n) is 5.55. The van der Waals surface area contributed by atoms with E-state index in [-0.39, 0.29) is 24.1 Å². The highest BCUT2D eigenvalue weighted by molar-refractivity contribution is 6.30. The number of phenols is 1. The zero-order valence-electron chi connectivity index (χ0n) is 16.6. The van der Waals surface area contributed by atoms with Gasteiger partial charge in [0.25, 0.3) is 0 Å². The molecule has 1 aliphatic rings. The first-order chi connectivity index (χ1) is 13.8. The zero-order chi connectivity index (χ0) is 21.1. The van der Waals surface area contributed by atoms with Crippen LogP contribution < -0.4 is 11.1 Å². The summed E-state index contributed by atoms with van der Waals surface area (Å²) in [6.45, 7) is 4.52. The molecule has 2 amide bonds. The number of nitrogens with zero attached hydrogens (tertiary/aromatic N) is 1. The van der Waals surface area contributed by atoms with Crippen LogP contribution in [0.3, 0.4) is 0 Å². The van der Waals surface area contributed by atoms with Crippen molar-refractivity contribution in [3.05, 3.63) is 64.2 Å². The lowest BCUT2D eigenvalue weighted by Gasteiger charge is -2.28. The van der Waals surface area contributed by atoms with Crippen molar-refractivity contribution in [2.24, 2.45) is 5.73 Å². The quantitative estimate of drug-likeness (QED) is 0.675. The van der Waals surface area contributed by atoms with Crippen LogP contribution in [0.25, 0.3) is 0 Å². The van der Waals surface area contributed by atoms with Crippen LogP contribution in [0, 0.1) is 6.92 Å². The molecule has 1 saturated heterocycles. The number of nitrogens with one attached hydrogen (secondary N) is 1. The van der Waals surface area contributed by atoms with Crippen molar-refractivity contribution in [3.8, 4) is 5.75 Å². The largest absolute Gasteiger partial charge is 0.508 e. The van der Waals surface area contributed by atoms with Crippen molar-refractivity contribution < 1.29 is 14.7 Å². The van der Waals surface area contributed by atoms with Crippen LogP contribution in [-0.2, 0) is 16.1 Å². The Bertz CT molecular complexity index is 918. The second kappa shape index (κ2) is 8.84. The fraction of sp³-hybridized carbons (Fsp3) is 0.364. The third kappa shape index (κ3) is 4.89. The Morgan fingerprint density at radius 3 is 2.76 bits per heavy atom.